The van der Waals surface area contributed by atoms with Crippen molar-refractivity contribution in [1.29, 1.82) is 0 Å². The van der Waals surface area contributed by atoms with E-state index in [0.29, 0.717) is 0 Å². The molecule has 0 aliphatic heterocycles. The van der Waals surface area contributed by atoms with Crippen molar-refractivity contribution in [3.05, 3.63) is 71.3 Å². The standard InChI is InChI=1S/C17H16N2O/c1-11-6-7-14(12(2)19-11)17(20)16-5-3-4-13-10-18-9-8-15(13)16/h3-10,17,20H,1-2H3. The highest BCUT2D eigenvalue weighted by Crippen LogP contribution is 2.29. The second-order valence-corrected chi connectivity index (χ2v) is 4.97. The molecule has 0 aliphatic carbocycles. The number of aryl methyl sites for hydroxylation is 2. The zero-order valence-corrected chi connectivity index (χ0v) is 11.5. The van der Waals surface area contributed by atoms with E-state index >= 15 is 0 Å². The van der Waals surface area contributed by atoms with Crippen LogP contribution in [0.25, 0.3) is 10.8 Å². The maximum Gasteiger partial charge on any atom is 0.106 e. The molecule has 3 aromatic rings. The first-order chi connectivity index (χ1) is 9.66. The van der Waals surface area contributed by atoms with E-state index in [0.717, 1.165) is 33.3 Å². The first-order valence-corrected chi connectivity index (χ1v) is 6.61. The minimum Gasteiger partial charge on any atom is -0.384 e. The van der Waals surface area contributed by atoms with Gasteiger partial charge in [0.1, 0.15) is 6.10 Å². The van der Waals surface area contributed by atoms with Gasteiger partial charge < -0.3 is 5.11 Å². The topological polar surface area (TPSA) is 46.0 Å². The lowest BCUT2D eigenvalue weighted by Gasteiger charge is -2.16. The third-order valence-corrected chi connectivity index (χ3v) is 3.57. The molecular formula is C17H16N2O. The molecule has 1 N–H and O–H groups in total. The quantitative estimate of drug-likeness (QED) is 0.772. The molecule has 0 saturated carbocycles. The number of aliphatic hydroxyl groups is 1. The molecule has 1 aromatic carbocycles. The van der Waals surface area contributed by atoms with Crippen LogP contribution in [0.3, 0.4) is 0 Å². The number of aromatic nitrogens is 2. The predicted octanol–water partition coefficient (Wildman–Crippen LogP) is 3.33. The van der Waals surface area contributed by atoms with Crippen molar-refractivity contribution in [1.82, 2.24) is 9.97 Å². The van der Waals surface area contributed by atoms with Crippen LogP contribution >= 0.6 is 0 Å². The number of aliphatic hydroxyl groups excluding tert-OH is 1. The third kappa shape index (κ3) is 2.17. The average molecular weight is 264 g/mol. The summed E-state index contributed by atoms with van der Waals surface area (Å²) < 4.78 is 0. The minimum absolute atomic E-state index is 0.672. The molecule has 1 atom stereocenters. The molecule has 0 saturated heterocycles. The number of hydrogen-bond donors (Lipinski definition) is 1. The average Bonchev–Trinajstić information content (AvgIpc) is 2.46. The summed E-state index contributed by atoms with van der Waals surface area (Å²) in [6, 6.07) is 11.7. The van der Waals surface area contributed by atoms with Crippen LogP contribution in [0.2, 0.25) is 0 Å². The molecule has 0 fully saturated rings. The predicted molar refractivity (Wildman–Crippen MR) is 79.5 cm³/mol. The maximum absolute atomic E-state index is 10.7. The summed E-state index contributed by atoms with van der Waals surface area (Å²) in [5, 5.41) is 12.8. The minimum atomic E-state index is -0.672. The van der Waals surface area contributed by atoms with E-state index in [1.165, 1.54) is 0 Å². The van der Waals surface area contributed by atoms with Gasteiger partial charge in [-0.15, -0.1) is 0 Å². The summed E-state index contributed by atoms with van der Waals surface area (Å²) in [5.41, 5.74) is 3.56. The first-order valence-electron chi connectivity index (χ1n) is 6.61. The summed E-state index contributed by atoms with van der Waals surface area (Å²) in [4.78, 5) is 8.55. The molecule has 1 unspecified atom stereocenters. The largest absolute Gasteiger partial charge is 0.384 e. The molecule has 0 aliphatic rings. The van der Waals surface area contributed by atoms with Gasteiger partial charge >= 0.3 is 0 Å². The van der Waals surface area contributed by atoms with Crippen molar-refractivity contribution in [2.24, 2.45) is 0 Å². The highest BCUT2D eigenvalue weighted by atomic mass is 16.3. The van der Waals surface area contributed by atoms with Gasteiger partial charge in [0, 0.05) is 34.7 Å². The van der Waals surface area contributed by atoms with Crippen LogP contribution in [-0.2, 0) is 0 Å². The van der Waals surface area contributed by atoms with E-state index in [2.05, 4.69) is 9.97 Å². The second kappa shape index (κ2) is 5.02. The molecular weight excluding hydrogens is 248 g/mol. The Morgan fingerprint density at radius 3 is 2.65 bits per heavy atom. The fourth-order valence-corrected chi connectivity index (χ4v) is 2.54. The Labute approximate surface area is 117 Å². The van der Waals surface area contributed by atoms with Crippen LogP contribution in [0.4, 0.5) is 0 Å². The van der Waals surface area contributed by atoms with Crippen LogP contribution in [0.15, 0.2) is 48.8 Å². The molecule has 0 bridgehead atoms. The van der Waals surface area contributed by atoms with Crippen molar-refractivity contribution in [3.8, 4) is 0 Å². The van der Waals surface area contributed by atoms with Gasteiger partial charge in [0.25, 0.3) is 0 Å². The molecule has 3 heteroatoms. The molecule has 100 valence electrons. The first kappa shape index (κ1) is 12.8. The van der Waals surface area contributed by atoms with E-state index in [1.807, 2.05) is 56.4 Å². The van der Waals surface area contributed by atoms with Crippen molar-refractivity contribution in [2.75, 3.05) is 0 Å². The van der Waals surface area contributed by atoms with Crippen LogP contribution < -0.4 is 0 Å². The Morgan fingerprint density at radius 2 is 1.85 bits per heavy atom. The molecule has 0 amide bonds. The van der Waals surface area contributed by atoms with Crippen LogP contribution in [0.1, 0.15) is 28.6 Å². The van der Waals surface area contributed by atoms with Crippen LogP contribution in [0.5, 0.6) is 0 Å². The monoisotopic (exact) mass is 264 g/mol. The summed E-state index contributed by atoms with van der Waals surface area (Å²) in [6.45, 7) is 3.88. The number of hydrogen-bond acceptors (Lipinski definition) is 3. The van der Waals surface area contributed by atoms with E-state index in [4.69, 9.17) is 0 Å². The number of fused-ring (bicyclic) bond motifs is 1. The van der Waals surface area contributed by atoms with E-state index < -0.39 is 6.10 Å². The van der Waals surface area contributed by atoms with Crippen molar-refractivity contribution >= 4 is 10.8 Å². The summed E-state index contributed by atoms with van der Waals surface area (Å²) >= 11 is 0. The second-order valence-electron chi connectivity index (χ2n) is 4.97. The molecule has 20 heavy (non-hydrogen) atoms. The molecule has 3 rings (SSSR count). The maximum atomic E-state index is 10.7. The molecule has 0 radical (unpaired) electrons. The van der Waals surface area contributed by atoms with Gasteiger partial charge in [-0.1, -0.05) is 24.3 Å². The molecule has 3 nitrogen and oxygen atoms in total. The van der Waals surface area contributed by atoms with E-state index in [9.17, 15) is 5.11 Å². The van der Waals surface area contributed by atoms with Crippen LogP contribution in [-0.4, -0.2) is 15.1 Å². The fourth-order valence-electron chi connectivity index (χ4n) is 2.54. The molecule has 0 spiro atoms. The number of rotatable bonds is 2. The lowest BCUT2D eigenvalue weighted by atomic mass is 9.96. The van der Waals surface area contributed by atoms with Gasteiger partial charge in [-0.2, -0.15) is 0 Å². The van der Waals surface area contributed by atoms with Crippen molar-refractivity contribution in [3.63, 3.8) is 0 Å². The van der Waals surface area contributed by atoms with Crippen molar-refractivity contribution in [2.45, 2.75) is 20.0 Å². The van der Waals surface area contributed by atoms with Gasteiger partial charge in [0.05, 0.1) is 0 Å². The Hall–Kier alpha value is -2.26. The highest BCUT2D eigenvalue weighted by Gasteiger charge is 2.16. The lowest BCUT2D eigenvalue weighted by Crippen LogP contribution is -2.04. The van der Waals surface area contributed by atoms with Gasteiger partial charge in [-0.05, 0) is 36.9 Å². The Bertz CT molecular complexity index is 763. The smallest absolute Gasteiger partial charge is 0.106 e. The number of pyridine rings is 2. The fraction of sp³-hybridized carbons (Fsp3) is 0.176. The van der Waals surface area contributed by atoms with E-state index in [1.54, 1.807) is 6.20 Å². The van der Waals surface area contributed by atoms with E-state index in [-0.39, 0.29) is 0 Å². The molecule has 2 heterocycles. The third-order valence-electron chi connectivity index (χ3n) is 3.57. The summed E-state index contributed by atoms with van der Waals surface area (Å²) in [7, 11) is 0. The highest BCUT2D eigenvalue weighted by molar-refractivity contribution is 5.85. The number of nitrogens with zero attached hydrogens (tertiary/aromatic N) is 2. The van der Waals surface area contributed by atoms with Gasteiger partial charge in [0.15, 0.2) is 0 Å². The van der Waals surface area contributed by atoms with Gasteiger partial charge in [0.2, 0.25) is 0 Å². The molecule has 2 aromatic heterocycles. The zero-order chi connectivity index (χ0) is 14.1. The summed E-state index contributed by atoms with van der Waals surface area (Å²) in [6.07, 6.45) is 2.89. The van der Waals surface area contributed by atoms with Gasteiger partial charge in [-0.3, -0.25) is 9.97 Å². The Kier molecular flexibility index (Phi) is 3.20. The Morgan fingerprint density at radius 1 is 1.00 bits per heavy atom. The van der Waals surface area contributed by atoms with Crippen LogP contribution in [0, 0.1) is 13.8 Å². The number of benzene rings is 1. The normalized spacial score (nSPS) is 12.6. The zero-order valence-electron chi connectivity index (χ0n) is 11.5. The van der Waals surface area contributed by atoms with Gasteiger partial charge in [-0.25, -0.2) is 0 Å². The van der Waals surface area contributed by atoms with Crippen molar-refractivity contribution < 1.29 is 5.11 Å². The lowest BCUT2D eigenvalue weighted by molar-refractivity contribution is 0.220. The SMILES string of the molecule is Cc1ccc(C(O)c2cccc3cnccc23)c(C)n1. The Balaban J connectivity index is 2.15. The summed E-state index contributed by atoms with van der Waals surface area (Å²) in [5.74, 6) is 0.